The fourth-order valence-electron chi connectivity index (χ4n) is 4.12. The first-order chi connectivity index (χ1) is 15.6. The number of nitrogens with zero attached hydrogens (tertiary/aromatic N) is 2. The molecular weight excluding hydrogens is 429 g/mol. The van der Waals surface area contributed by atoms with Crippen molar-refractivity contribution in [3.63, 3.8) is 0 Å². The summed E-state index contributed by atoms with van der Waals surface area (Å²) in [5.74, 6) is -3.45. The fourth-order valence-corrected chi connectivity index (χ4v) is 4.12. The molecule has 2 aromatic rings. The van der Waals surface area contributed by atoms with Crippen LogP contribution in [0.5, 0.6) is 0 Å². The third-order valence-corrected chi connectivity index (χ3v) is 5.97. The minimum absolute atomic E-state index is 0.0417. The zero-order valence-corrected chi connectivity index (χ0v) is 18.5. The molecule has 2 atom stereocenters. The Hall–Kier alpha value is -3.75. The van der Waals surface area contributed by atoms with Gasteiger partial charge in [0.2, 0.25) is 11.8 Å². The number of para-hydroxylation sites is 3. The van der Waals surface area contributed by atoms with E-state index >= 15 is 0 Å². The van der Waals surface area contributed by atoms with Crippen LogP contribution in [0.3, 0.4) is 0 Å². The number of hydrogen-bond donors (Lipinski definition) is 1. The molecule has 2 aliphatic rings. The second kappa shape index (κ2) is 8.31. The molecule has 3 amide bonds. The van der Waals surface area contributed by atoms with Crippen LogP contribution in [0.1, 0.15) is 27.2 Å². The molecule has 0 aliphatic carbocycles. The molecule has 172 valence electrons. The maximum absolute atomic E-state index is 14.1. The lowest BCUT2D eigenvalue weighted by Gasteiger charge is -2.42. The molecular formula is C24H24FN3O5. The van der Waals surface area contributed by atoms with E-state index in [0.717, 1.165) is 0 Å². The average molecular weight is 453 g/mol. The quantitative estimate of drug-likeness (QED) is 0.719. The van der Waals surface area contributed by atoms with E-state index in [1.54, 1.807) is 44.2 Å². The Labute approximate surface area is 190 Å². The van der Waals surface area contributed by atoms with Gasteiger partial charge in [-0.25, -0.2) is 4.39 Å². The highest BCUT2D eigenvalue weighted by atomic mass is 19.1. The second-order valence-corrected chi connectivity index (χ2v) is 8.64. The molecule has 2 aromatic carbocycles. The number of rotatable bonds is 4. The van der Waals surface area contributed by atoms with Crippen LogP contribution in [0.2, 0.25) is 0 Å². The van der Waals surface area contributed by atoms with Gasteiger partial charge in [0.25, 0.3) is 5.91 Å². The average Bonchev–Trinajstić information content (AvgIpc) is 3.16. The Balaban J connectivity index is 1.49. The maximum Gasteiger partial charge on any atom is 0.312 e. The van der Waals surface area contributed by atoms with Crippen molar-refractivity contribution in [2.24, 2.45) is 5.92 Å². The van der Waals surface area contributed by atoms with Gasteiger partial charge in [-0.2, -0.15) is 0 Å². The molecule has 1 fully saturated rings. The molecule has 1 N–H and O–H groups in total. The summed E-state index contributed by atoms with van der Waals surface area (Å²) in [4.78, 5) is 53.6. The van der Waals surface area contributed by atoms with Crippen molar-refractivity contribution in [1.82, 2.24) is 0 Å². The first-order valence-electron chi connectivity index (χ1n) is 10.6. The van der Waals surface area contributed by atoms with Gasteiger partial charge in [-0.3, -0.25) is 24.1 Å². The van der Waals surface area contributed by atoms with Gasteiger partial charge >= 0.3 is 5.97 Å². The zero-order chi connectivity index (χ0) is 23.9. The Morgan fingerprint density at radius 2 is 1.73 bits per heavy atom. The summed E-state index contributed by atoms with van der Waals surface area (Å²) >= 11 is 0. The standard InChI is InChI=1S/C24H24FN3O5/c1-14(21(30)28-19-11-7-5-9-17(19)26-23(32)24(28,2)3)33-22(31)15-12-20(29)27(13-15)18-10-6-4-8-16(18)25/h4-11,14-15H,12-13H2,1-3H3,(H,26,32)/t14-,15+/m0/s1. The topological polar surface area (TPSA) is 96.0 Å². The van der Waals surface area contributed by atoms with Gasteiger partial charge in [-0.05, 0) is 45.0 Å². The molecule has 4 rings (SSSR count). The van der Waals surface area contributed by atoms with Crippen LogP contribution < -0.4 is 15.1 Å². The number of nitrogens with one attached hydrogen (secondary N) is 1. The minimum Gasteiger partial charge on any atom is -0.452 e. The van der Waals surface area contributed by atoms with E-state index in [0.29, 0.717) is 11.4 Å². The summed E-state index contributed by atoms with van der Waals surface area (Å²) < 4.78 is 19.5. The van der Waals surface area contributed by atoms with Crippen molar-refractivity contribution in [1.29, 1.82) is 0 Å². The summed E-state index contributed by atoms with van der Waals surface area (Å²) in [7, 11) is 0. The molecule has 0 bridgehead atoms. The number of halogens is 1. The summed E-state index contributed by atoms with van der Waals surface area (Å²) in [5, 5.41) is 2.78. The number of carbonyl (C=O) groups excluding carboxylic acids is 4. The van der Waals surface area contributed by atoms with E-state index in [1.165, 1.54) is 34.9 Å². The lowest BCUT2D eigenvalue weighted by molar-refractivity contribution is -0.158. The van der Waals surface area contributed by atoms with E-state index in [1.807, 2.05) is 0 Å². The molecule has 0 unspecified atom stereocenters. The van der Waals surface area contributed by atoms with Gasteiger partial charge < -0.3 is 15.0 Å². The fraction of sp³-hybridized carbons (Fsp3) is 0.333. The Kier molecular flexibility index (Phi) is 5.65. The van der Waals surface area contributed by atoms with E-state index < -0.39 is 41.2 Å². The number of ether oxygens (including phenoxy) is 1. The van der Waals surface area contributed by atoms with E-state index in [4.69, 9.17) is 4.74 Å². The molecule has 0 aromatic heterocycles. The monoisotopic (exact) mass is 453 g/mol. The molecule has 0 saturated carbocycles. The zero-order valence-electron chi connectivity index (χ0n) is 18.5. The molecule has 2 aliphatic heterocycles. The predicted octanol–water partition coefficient (Wildman–Crippen LogP) is 2.87. The summed E-state index contributed by atoms with van der Waals surface area (Å²) in [6.45, 7) is 4.59. The largest absolute Gasteiger partial charge is 0.452 e. The van der Waals surface area contributed by atoms with Gasteiger partial charge in [0.05, 0.1) is 23.0 Å². The van der Waals surface area contributed by atoms with Crippen LogP contribution in [-0.2, 0) is 23.9 Å². The highest BCUT2D eigenvalue weighted by Crippen LogP contribution is 2.37. The maximum atomic E-state index is 14.1. The Morgan fingerprint density at radius 3 is 2.42 bits per heavy atom. The van der Waals surface area contributed by atoms with Gasteiger partial charge in [0, 0.05) is 13.0 Å². The summed E-state index contributed by atoms with van der Waals surface area (Å²) in [6, 6.07) is 12.7. The van der Waals surface area contributed by atoms with Crippen LogP contribution in [0, 0.1) is 11.7 Å². The molecule has 33 heavy (non-hydrogen) atoms. The van der Waals surface area contributed by atoms with Crippen LogP contribution >= 0.6 is 0 Å². The number of amides is 3. The number of carbonyl (C=O) groups is 4. The van der Waals surface area contributed by atoms with Gasteiger partial charge in [0.1, 0.15) is 11.4 Å². The van der Waals surface area contributed by atoms with E-state index in [-0.39, 0.29) is 24.6 Å². The van der Waals surface area contributed by atoms with Crippen molar-refractivity contribution in [2.45, 2.75) is 38.8 Å². The van der Waals surface area contributed by atoms with Gasteiger partial charge in [-0.1, -0.05) is 24.3 Å². The van der Waals surface area contributed by atoms with Crippen molar-refractivity contribution < 1.29 is 28.3 Å². The molecule has 2 heterocycles. The van der Waals surface area contributed by atoms with Crippen LogP contribution in [0.4, 0.5) is 21.5 Å². The first kappa shape index (κ1) is 22.4. The van der Waals surface area contributed by atoms with Gasteiger partial charge in [-0.15, -0.1) is 0 Å². The summed E-state index contributed by atoms with van der Waals surface area (Å²) in [6.07, 6.45) is -1.34. The third-order valence-electron chi connectivity index (χ3n) is 5.97. The lowest BCUT2D eigenvalue weighted by atomic mass is 9.95. The number of hydrogen-bond acceptors (Lipinski definition) is 5. The highest BCUT2D eigenvalue weighted by Gasteiger charge is 2.46. The van der Waals surface area contributed by atoms with Gasteiger partial charge in [0.15, 0.2) is 6.10 Å². The summed E-state index contributed by atoms with van der Waals surface area (Å²) in [5.41, 5.74) is -0.135. The SMILES string of the molecule is C[C@H](OC(=O)[C@@H]1CC(=O)N(c2ccccc2F)C1)C(=O)N1c2ccccc2NC(=O)C1(C)C. The molecule has 1 saturated heterocycles. The Bertz CT molecular complexity index is 1150. The Morgan fingerprint density at radius 1 is 1.09 bits per heavy atom. The smallest absolute Gasteiger partial charge is 0.312 e. The van der Waals surface area contributed by atoms with E-state index in [2.05, 4.69) is 5.32 Å². The molecule has 8 nitrogen and oxygen atoms in total. The van der Waals surface area contributed by atoms with E-state index in [9.17, 15) is 23.6 Å². The highest BCUT2D eigenvalue weighted by molar-refractivity contribution is 6.15. The van der Waals surface area contributed by atoms with Crippen molar-refractivity contribution in [2.75, 3.05) is 21.7 Å². The molecule has 9 heteroatoms. The molecule has 0 spiro atoms. The minimum atomic E-state index is -1.21. The number of anilines is 3. The number of fused-ring (bicyclic) bond motifs is 1. The predicted molar refractivity (Wildman–Crippen MR) is 119 cm³/mol. The van der Waals surface area contributed by atoms with Crippen molar-refractivity contribution in [3.05, 3.63) is 54.3 Å². The number of esters is 1. The van der Waals surface area contributed by atoms with Crippen molar-refractivity contribution >= 4 is 40.8 Å². The first-order valence-corrected chi connectivity index (χ1v) is 10.6. The van der Waals surface area contributed by atoms with Crippen LogP contribution in [0.15, 0.2) is 48.5 Å². The number of benzene rings is 2. The second-order valence-electron chi connectivity index (χ2n) is 8.64. The lowest BCUT2D eigenvalue weighted by Crippen LogP contribution is -2.60. The molecule has 0 radical (unpaired) electrons. The van der Waals surface area contributed by atoms with Crippen LogP contribution in [0.25, 0.3) is 0 Å². The third kappa shape index (κ3) is 3.94. The van der Waals surface area contributed by atoms with Crippen LogP contribution in [-0.4, -0.2) is 41.9 Å². The normalized spacial score (nSPS) is 20.2. The van der Waals surface area contributed by atoms with Crippen molar-refractivity contribution in [3.8, 4) is 0 Å².